The molecule has 0 fully saturated rings. The SMILES string of the molecule is CCC1=C(CC)c2nc1c(CC)c1[nH]c(cc3nc(cc4c(CC)c(CC)c(c2CC)n4CC)C=C3)cc1CC.[Cl][Mn]. The third-order valence-electron chi connectivity index (χ3n) is 8.85. The Hall–Kier alpha value is -2.59. The summed E-state index contributed by atoms with van der Waals surface area (Å²) in [5.74, 6) is 0. The molecule has 42 heavy (non-hydrogen) atoms. The number of H-pyrrole nitrogens is 1. The fourth-order valence-electron chi connectivity index (χ4n) is 7.06. The van der Waals surface area contributed by atoms with Crippen LogP contribution < -0.4 is 0 Å². The summed E-state index contributed by atoms with van der Waals surface area (Å²) in [4.78, 5) is 14.4. The van der Waals surface area contributed by atoms with Crippen LogP contribution >= 0.6 is 10.1 Å². The van der Waals surface area contributed by atoms with Crippen molar-refractivity contribution >= 4 is 55.5 Å². The fraction of sp³-hybridized carbons (Fsp3) is 0.444. The minimum absolute atomic E-state index is 0.920. The Labute approximate surface area is 264 Å². The van der Waals surface area contributed by atoms with Gasteiger partial charge in [0, 0.05) is 34.2 Å². The van der Waals surface area contributed by atoms with Crippen molar-refractivity contribution in [1.29, 1.82) is 0 Å². The molecule has 0 amide bonds. The van der Waals surface area contributed by atoms with E-state index >= 15 is 0 Å². The van der Waals surface area contributed by atoms with Gasteiger partial charge in [0.2, 0.25) is 0 Å². The molecule has 224 valence electrons. The fourth-order valence-corrected chi connectivity index (χ4v) is 7.06. The normalized spacial score (nSPS) is 12.6. The van der Waals surface area contributed by atoms with Crippen LogP contribution in [0.2, 0.25) is 0 Å². The van der Waals surface area contributed by atoms with Crippen LogP contribution in [-0.4, -0.2) is 19.5 Å². The molecule has 0 saturated carbocycles. The second-order valence-electron chi connectivity index (χ2n) is 10.8. The van der Waals surface area contributed by atoms with Crippen LogP contribution in [0.15, 0.2) is 18.2 Å². The average Bonchev–Trinajstić information content (AvgIpc) is 3.78. The van der Waals surface area contributed by atoms with E-state index in [2.05, 4.69) is 120 Å². The number of aromatic nitrogens is 4. The number of hydrogen-bond acceptors (Lipinski definition) is 2. The Bertz CT molecular complexity index is 1690. The monoisotopic (exact) mass is 624 g/mol. The first kappa shape index (κ1) is 32.3. The van der Waals surface area contributed by atoms with Crippen molar-refractivity contribution in [2.45, 2.75) is 107 Å². The number of nitrogens with one attached hydrogen (secondary N) is 1. The van der Waals surface area contributed by atoms with Gasteiger partial charge in [-0.15, -0.1) is 0 Å². The number of rotatable bonds is 8. The van der Waals surface area contributed by atoms with Gasteiger partial charge in [-0.1, -0.05) is 48.5 Å². The molecular formula is C36H46ClMnN4. The zero-order valence-corrected chi connectivity index (χ0v) is 28.6. The van der Waals surface area contributed by atoms with Crippen LogP contribution in [0.5, 0.6) is 0 Å². The molecule has 6 heteroatoms. The standard InChI is InChI=1S/C36H46N4.ClH.Mn/c1-9-22-19-25-20-23-17-18-24(37-23)21-32-26(10-2)29(13-5)36(40(32)16-8)31(15-7)35-28(12-4)27(11-3)34(39-35)30(14-6)33(22)38-25;;/h17-21,38H,9-16H2,1-8H3;1H;/q;;+1/p-1. The van der Waals surface area contributed by atoms with Gasteiger partial charge < -0.3 is 9.55 Å². The summed E-state index contributed by atoms with van der Waals surface area (Å²) >= 11 is 2.41. The van der Waals surface area contributed by atoms with Gasteiger partial charge in [0.15, 0.2) is 0 Å². The van der Waals surface area contributed by atoms with Crippen molar-refractivity contribution in [3.05, 3.63) is 68.8 Å². The van der Waals surface area contributed by atoms with Gasteiger partial charge in [-0.25, -0.2) is 9.97 Å². The first-order chi connectivity index (χ1) is 20.5. The van der Waals surface area contributed by atoms with Gasteiger partial charge >= 0.3 is 25.2 Å². The van der Waals surface area contributed by atoms with Gasteiger partial charge in [-0.05, 0) is 110 Å². The van der Waals surface area contributed by atoms with Crippen LogP contribution in [0.25, 0.3) is 45.4 Å². The van der Waals surface area contributed by atoms with E-state index in [9.17, 15) is 0 Å². The molecule has 0 radical (unpaired) electrons. The topological polar surface area (TPSA) is 46.5 Å². The third kappa shape index (κ3) is 5.56. The maximum absolute atomic E-state index is 5.61. The predicted octanol–water partition coefficient (Wildman–Crippen LogP) is 10.2. The molecule has 8 bridgehead atoms. The Balaban J connectivity index is 0.00000198. The Kier molecular flexibility index (Phi) is 11.0. The average molecular weight is 625 g/mol. The van der Waals surface area contributed by atoms with Crippen LogP contribution in [0.4, 0.5) is 0 Å². The molecule has 2 aliphatic heterocycles. The number of allylic oxidation sites excluding steroid dienone is 2. The number of halogens is 1. The second kappa shape index (κ2) is 14.3. The molecule has 0 atom stereocenters. The zero-order valence-electron chi connectivity index (χ0n) is 26.6. The van der Waals surface area contributed by atoms with Gasteiger partial charge in [-0.2, -0.15) is 0 Å². The van der Waals surface area contributed by atoms with Crippen molar-refractivity contribution in [2.24, 2.45) is 0 Å². The van der Waals surface area contributed by atoms with Crippen LogP contribution in [0.1, 0.15) is 119 Å². The quantitative estimate of drug-likeness (QED) is 0.198. The van der Waals surface area contributed by atoms with E-state index < -0.39 is 0 Å². The summed E-state index contributed by atoms with van der Waals surface area (Å²) in [5, 5.41) is 0. The van der Waals surface area contributed by atoms with Crippen molar-refractivity contribution in [2.75, 3.05) is 0 Å². The predicted molar refractivity (Wildman–Crippen MR) is 179 cm³/mol. The summed E-state index contributed by atoms with van der Waals surface area (Å²) < 4.78 is 2.55. The summed E-state index contributed by atoms with van der Waals surface area (Å²) in [7, 11) is 4.45. The molecule has 0 spiro atoms. The molecule has 1 N–H and O–H groups in total. The molecule has 4 nitrogen and oxygen atoms in total. The molecule has 5 heterocycles. The van der Waals surface area contributed by atoms with Gasteiger partial charge in [0.25, 0.3) is 0 Å². The van der Waals surface area contributed by atoms with E-state index in [4.69, 9.17) is 9.97 Å². The number of nitrogens with zero attached hydrogens (tertiary/aromatic N) is 3. The molecule has 0 unspecified atom stereocenters. The summed E-state index contributed by atoms with van der Waals surface area (Å²) in [5.41, 5.74) is 19.3. The van der Waals surface area contributed by atoms with E-state index in [0.29, 0.717) is 0 Å². The summed E-state index contributed by atoms with van der Waals surface area (Å²) in [6.45, 7) is 19.2. The van der Waals surface area contributed by atoms with Crippen molar-refractivity contribution in [3.8, 4) is 0 Å². The summed E-state index contributed by atoms with van der Waals surface area (Å²) in [6, 6.07) is 6.80. The first-order valence-electron chi connectivity index (χ1n) is 15.8. The van der Waals surface area contributed by atoms with E-state index in [-0.39, 0.29) is 0 Å². The van der Waals surface area contributed by atoms with E-state index in [1.807, 2.05) is 0 Å². The van der Waals surface area contributed by atoms with Crippen LogP contribution in [-0.2, 0) is 53.7 Å². The second-order valence-corrected chi connectivity index (χ2v) is 10.8. The van der Waals surface area contributed by atoms with Gasteiger partial charge in [-0.3, -0.25) is 0 Å². The Morgan fingerprint density at radius 1 is 0.643 bits per heavy atom. The van der Waals surface area contributed by atoms with Gasteiger partial charge in [0.1, 0.15) is 0 Å². The number of fused-ring (bicyclic) bond motifs is 8. The van der Waals surface area contributed by atoms with Crippen molar-refractivity contribution < 1.29 is 15.1 Å². The van der Waals surface area contributed by atoms with Crippen LogP contribution in [0.3, 0.4) is 0 Å². The molecule has 3 aromatic rings. The number of aryl methyl sites for hydroxylation is 6. The number of hydrogen-bond donors (Lipinski definition) is 1. The molecule has 3 aromatic heterocycles. The Morgan fingerprint density at radius 2 is 1.21 bits per heavy atom. The molecule has 0 saturated heterocycles. The number of aromatic amines is 1. The Morgan fingerprint density at radius 3 is 1.74 bits per heavy atom. The third-order valence-corrected chi connectivity index (χ3v) is 8.85. The van der Waals surface area contributed by atoms with E-state index in [1.165, 1.54) is 66.9 Å². The van der Waals surface area contributed by atoms with Crippen LogP contribution in [0, 0.1) is 0 Å². The molecule has 0 aromatic carbocycles. The maximum atomic E-state index is 5.61. The summed E-state index contributed by atoms with van der Waals surface area (Å²) in [6.07, 6.45) is 11.2. The van der Waals surface area contributed by atoms with E-state index in [0.717, 1.165) is 68.4 Å². The van der Waals surface area contributed by atoms with Crippen molar-refractivity contribution in [1.82, 2.24) is 19.5 Å². The molecular weight excluding hydrogens is 579 g/mol. The van der Waals surface area contributed by atoms with E-state index in [1.54, 1.807) is 0 Å². The molecule has 0 aliphatic carbocycles. The van der Waals surface area contributed by atoms with Crippen molar-refractivity contribution in [3.63, 3.8) is 0 Å². The molecule has 5 rings (SSSR count). The van der Waals surface area contributed by atoms with Gasteiger partial charge in [0.05, 0.1) is 28.3 Å². The first-order valence-corrected chi connectivity index (χ1v) is 17.4. The zero-order chi connectivity index (χ0) is 30.6. The minimum atomic E-state index is 0.920. The molecule has 2 aliphatic rings.